The van der Waals surface area contributed by atoms with E-state index in [0.29, 0.717) is 19.4 Å². The SMILES string of the molecule is CCCCC/C=C\C/C=C\CCCCCCCC(=O)OCCCCCCCCCCC/C=C\C/C=C\CCCCCCCCCC(=O)NC(COC1OC(CO)C(O)C(O)C1O)C(O)/C=C/CC/C=C/CCCCC. The minimum absolute atomic E-state index is 0.0203. The lowest BCUT2D eigenvalue weighted by Gasteiger charge is -2.40. The molecular formula is C64H113NO10. The van der Waals surface area contributed by atoms with Crippen LogP contribution in [0.25, 0.3) is 0 Å². The summed E-state index contributed by atoms with van der Waals surface area (Å²) in [5.74, 6) is -0.227. The first-order chi connectivity index (χ1) is 36.7. The van der Waals surface area contributed by atoms with Crippen LogP contribution >= 0.6 is 0 Å². The molecule has 434 valence electrons. The van der Waals surface area contributed by atoms with Gasteiger partial charge in [-0.25, -0.2) is 0 Å². The Labute approximate surface area is 458 Å². The zero-order valence-electron chi connectivity index (χ0n) is 47.7. The maximum Gasteiger partial charge on any atom is 0.305 e. The molecule has 0 aliphatic carbocycles. The average molecular weight is 1060 g/mol. The zero-order chi connectivity index (χ0) is 54.5. The molecule has 0 saturated carbocycles. The van der Waals surface area contributed by atoms with Crippen LogP contribution in [-0.4, -0.2) is 100 Å². The highest BCUT2D eigenvalue weighted by atomic mass is 16.7. The Bertz CT molecular complexity index is 1470. The predicted molar refractivity (Wildman–Crippen MR) is 310 cm³/mol. The van der Waals surface area contributed by atoms with Crippen LogP contribution in [0.4, 0.5) is 0 Å². The van der Waals surface area contributed by atoms with E-state index in [9.17, 15) is 35.1 Å². The van der Waals surface area contributed by atoms with Crippen LogP contribution in [0.15, 0.2) is 72.9 Å². The van der Waals surface area contributed by atoms with Crippen LogP contribution < -0.4 is 5.32 Å². The Hall–Kier alpha value is -2.90. The standard InChI is InChI=1S/C64H113NO10/c1-3-5-7-9-11-13-14-15-25-29-32-36-40-44-48-52-60(69)73-53-49-45-41-37-33-30-27-24-22-20-18-16-17-19-21-23-26-28-31-35-39-43-47-51-59(68)65-56(57(67)50-46-42-38-34-12-10-8-6-4-2)55-74-64-63(72)62(71)61(70)58(54-66)75-64/h11-13,15-16,18-19,21,25,34,46,50,56-58,61-64,66-67,70-72H,3-10,14,17,20,22-24,26-33,35-45,47-49,51-55H2,1-2H3,(H,65,68)/b13-11-,18-16-,21-19-,25-15-,34-12+,50-46+. The third kappa shape index (κ3) is 42.8. The number of hydrogen-bond acceptors (Lipinski definition) is 10. The Morgan fingerprint density at radius 3 is 1.40 bits per heavy atom. The van der Waals surface area contributed by atoms with E-state index in [1.54, 1.807) is 6.08 Å². The average Bonchev–Trinajstić information content (AvgIpc) is 3.41. The Morgan fingerprint density at radius 1 is 0.493 bits per heavy atom. The molecule has 75 heavy (non-hydrogen) atoms. The van der Waals surface area contributed by atoms with Crippen LogP contribution in [0, 0.1) is 0 Å². The molecule has 0 aromatic carbocycles. The van der Waals surface area contributed by atoms with Gasteiger partial charge in [-0.2, -0.15) is 0 Å². The summed E-state index contributed by atoms with van der Waals surface area (Å²) >= 11 is 0. The number of allylic oxidation sites excluding steroid dienone is 11. The van der Waals surface area contributed by atoms with Crippen LogP contribution in [0.2, 0.25) is 0 Å². The molecule has 11 nitrogen and oxygen atoms in total. The molecule has 1 amide bonds. The van der Waals surface area contributed by atoms with Gasteiger partial charge in [0, 0.05) is 12.8 Å². The van der Waals surface area contributed by atoms with Gasteiger partial charge in [0.25, 0.3) is 0 Å². The molecule has 0 radical (unpaired) electrons. The van der Waals surface area contributed by atoms with Crippen molar-refractivity contribution in [1.29, 1.82) is 0 Å². The molecule has 0 spiro atoms. The number of nitrogens with one attached hydrogen (secondary N) is 1. The van der Waals surface area contributed by atoms with Gasteiger partial charge in [-0.15, -0.1) is 0 Å². The van der Waals surface area contributed by atoms with Crippen molar-refractivity contribution < 1.29 is 49.3 Å². The van der Waals surface area contributed by atoms with E-state index < -0.39 is 49.5 Å². The Balaban J connectivity index is 2.02. The van der Waals surface area contributed by atoms with Crippen molar-refractivity contribution in [3.63, 3.8) is 0 Å². The molecule has 0 bridgehead atoms. The molecular weight excluding hydrogens is 943 g/mol. The fraction of sp³-hybridized carbons (Fsp3) is 0.781. The molecule has 1 rings (SSSR count). The number of hydrogen-bond donors (Lipinski definition) is 6. The lowest BCUT2D eigenvalue weighted by Crippen LogP contribution is -2.60. The molecule has 6 N–H and O–H groups in total. The first-order valence-electron chi connectivity index (χ1n) is 30.7. The van der Waals surface area contributed by atoms with Gasteiger partial charge in [0.2, 0.25) is 5.91 Å². The molecule has 0 aromatic heterocycles. The fourth-order valence-electron chi connectivity index (χ4n) is 9.10. The fourth-order valence-corrected chi connectivity index (χ4v) is 9.10. The van der Waals surface area contributed by atoms with E-state index in [-0.39, 0.29) is 18.5 Å². The molecule has 7 atom stereocenters. The number of amides is 1. The lowest BCUT2D eigenvalue weighted by molar-refractivity contribution is -0.302. The number of unbranched alkanes of at least 4 members (excludes halogenated alkanes) is 28. The molecule has 1 saturated heterocycles. The maximum atomic E-state index is 13.0. The smallest absolute Gasteiger partial charge is 0.305 e. The second kappa shape index (κ2) is 53.1. The van der Waals surface area contributed by atoms with E-state index in [0.717, 1.165) is 103 Å². The van der Waals surface area contributed by atoms with E-state index in [4.69, 9.17) is 14.2 Å². The van der Waals surface area contributed by atoms with Crippen LogP contribution in [0.1, 0.15) is 258 Å². The Kier molecular flexibility index (Phi) is 49.7. The minimum Gasteiger partial charge on any atom is -0.466 e. The van der Waals surface area contributed by atoms with E-state index in [2.05, 4.69) is 79.9 Å². The first kappa shape index (κ1) is 70.1. The zero-order valence-corrected chi connectivity index (χ0v) is 47.7. The number of aliphatic hydroxyl groups is 5. The van der Waals surface area contributed by atoms with Gasteiger partial charge in [0.1, 0.15) is 24.4 Å². The summed E-state index contributed by atoms with van der Waals surface area (Å²) in [6.45, 7) is 4.22. The van der Waals surface area contributed by atoms with Gasteiger partial charge in [-0.3, -0.25) is 9.59 Å². The van der Waals surface area contributed by atoms with Crippen LogP contribution in [0.3, 0.4) is 0 Å². The topological polar surface area (TPSA) is 175 Å². The summed E-state index contributed by atoms with van der Waals surface area (Å²) < 4.78 is 16.6. The van der Waals surface area contributed by atoms with Gasteiger partial charge >= 0.3 is 5.97 Å². The van der Waals surface area contributed by atoms with Crippen molar-refractivity contribution in [3.8, 4) is 0 Å². The first-order valence-corrected chi connectivity index (χ1v) is 30.7. The van der Waals surface area contributed by atoms with E-state index >= 15 is 0 Å². The number of ether oxygens (including phenoxy) is 3. The third-order valence-corrected chi connectivity index (χ3v) is 14.0. The molecule has 1 heterocycles. The molecule has 1 aliphatic heterocycles. The second-order valence-electron chi connectivity index (χ2n) is 21.0. The van der Waals surface area contributed by atoms with Crippen LogP contribution in [-0.2, 0) is 23.8 Å². The summed E-state index contributed by atoms with van der Waals surface area (Å²) in [5.41, 5.74) is 0. The monoisotopic (exact) mass is 1060 g/mol. The summed E-state index contributed by atoms with van der Waals surface area (Å²) in [6, 6.07) is -0.835. The van der Waals surface area contributed by atoms with Crippen molar-refractivity contribution in [2.45, 2.75) is 301 Å². The highest BCUT2D eigenvalue weighted by Crippen LogP contribution is 2.23. The maximum absolute atomic E-state index is 13.0. The van der Waals surface area contributed by atoms with Crippen molar-refractivity contribution in [2.75, 3.05) is 19.8 Å². The lowest BCUT2D eigenvalue weighted by atomic mass is 9.99. The number of carbonyl (C=O) groups is 2. The van der Waals surface area contributed by atoms with Gasteiger partial charge in [-0.1, -0.05) is 209 Å². The van der Waals surface area contributed by atoms with Crippen molar-refractivity contribution in [2.24, 2.45) is 0 Å². The normalized spacial score (nSPS) is 19.3. The molecule has 7 unspecified atom stereocenters. The van der Waals surface area contributed by atoms with Gasteiger partial charge < -0.3 is 45.1 Å². The Morgan fingerprint density at radius 2 is 0.907 bits per heavy atom. The minimum atomic E-state index is -1.58. The van der Waals surface area contributed by atoms with Crippen LogP contribution in [0.5, 0.6) is 0 Å². The second-order valence-corrected chi connectivity index (χ2v) is 21.0. The van der Waals surface area contributed by atoms with E-state index in [1.807, 2.05) is 6.08 Å². The number of rotatable bonds is 52. The summed E-state index contributed by atoms with van der Waals surface area (Å²) in [6.07, 6.45) is 60.2. The molecule has 1 aliphatic rings. The van der Waals surface area contributed by atoms with Crippen molar-refractivity contribution >= 4 is 11.9 Å². The summed E-state index contributed by atoms with van der Waals surface area (Å²) in [5, 5.41) is 54.1. The quantitative estimate of drug-likeness (QED) is 0.0195. The van der Waals surface area contributed by atoms with Gasteiger partial charge in [-0.05, 0) is 109 Å². The van der Waals surface area contributed by atoms with Gasteiger partial charge in [0.15, 0.2) is 6.29 Å². The van der Waals surface area contributed by atoms with Gasteiger partial charge in [0.05, 0.1) is 32.0 Å². The van der Waals surface area contributed by atoms with E-state index in [1.165, 1.54) is 128 Å². The number of aliphatic hydroxyl groups excluding tert-OH is 5. The van der Waals surface area contributed by atoms with Crippen molar-refractivity contribution in [3.05, 3.63) is 72.9 Å². The highest BCUT2D eigenvalue weighted by molar-refractivity contribution is 5.76. The third-order valence-electron chi connectivity index (χ3n) is 14.0. The van der Waals surface area contributed by atoms with Crippen molar-refractivity contribution in [1.82, 2.24) is 5.32 Å². The largest absolute Gasteiger partial charge is 0.466 e. The summed E-state index contributed by atoms with van der Waals surface area (Å²) in [4.78, 5) is 25.0. The molecule has 11 heteroatoms. The predicted octanol–water partition coefficient (Wildman–Crippen LogP) is 14.4. The summed E-state index contributed by atoms with van der Waals surface area (Å²) in [7, 11) is 0. The highest BCUT2D eigenvalue weighted by Gasteiger charge is 2.44. The number of esters is 1. The number of carbonyl (C=O) groups excluding carboxylic acids is 2. The molecule has 1 fully saturated rings. The molecule has 0 aromatic rings.